The van der Waals surface area contributed by atoms with Crippen molar-refractivity contribution in [1.82, 2.24) is 9.97 Å². The molecular formula is C20H20N2O4S. The van der Waals surface area contributed by atoms with Crippen molar-refractivity contribution in [3.8, 4) is 22.8 Å². The van der Waals surface area contributed by atoms with Crippen LogP contribution in [-0.2, 0) is 15.6 Å². The largest absolute Gasteiger partial charge is 0.493 e. The summed E-state index contributed by atoms with van der Waals surface area (Å²) in [6.07, 6.45) is 3.05. The zero-order chi connectivity index (χ0) is 19.0. The molecule has 0 unspecified atom stereocenters. The van der Waals surface area contributed by atoms with Gasteiger partial charge in [-0.2, -0.15) is 0 Å². The summed E-state index contributed by atoms with van der Waals surface area (Å²) >= 11 is 0. The number of aromatic nitrogens is 2. The van der Waals surface area contributed by atoms with Crippen molar-refractivity contribution in [2.75, 3.05) is 14.2 Å². The van der Waals surface area contributed by atoms with Crippen molar-refractivity contribution in [2.24, 2.45) is 0 Å². The molecule has 27 heavy (non-hydrogen) atoms. The Morgan fingerprint density at radius 3 is 2.48 bits per heavy atom. The maximum absolute atomic E-state index is 12.3. The highest BCUT2D eigenvalue weighted by atomic mass is 32.2. The number of hydrogen-bond acceptors (Lipinski definition) is 6. The predicted octanol–water partition coefficient (Wildman–Crippen LogP) is 3.39. The van der Waals surface area contributed by atoms with Gasteiger partial charge in [0.2, 0.25) is 0 Å². The Hall–Kier alpha value is -2.67. The first kappa shape index (κ1) is 17.7. The molecule has 3 aromatic rings. The van der Waals surface area contributed by atoms with Crippen LogP contribution in [0.5, 0.6) is 11.5 Å². The van der Waals surface area contributed by atoms with Crippen LogP contribution in [0.2, 0.25) is 0 Å². The SMILES string of the molecule is COc1cc2ncnc(-c3cccc(CS(=O)(=O)C4CC4)c3)c2cc1OC. The van der Waals surface area contributed by atoms with Crippen molar-refractivity contribution >= 4 is 20.7 Å². The van der Waals surface area contributed by atoms with Crippen LogP contribution in [0.25, 0.3) is 22.2 Å². The first-order chi connectivity index (χ1) is 13.0. The van der Waals surface area contributed by atoms with Gasteiger partial charge in [-0.15, -0.1) is 0 Å². The van der Waals surface area contributed by atoms with Crippen molar-refractivity contribution in [3.63, 3.8) is 0 Å². The van der Waals surface area contributed by atoms with E-state index in [0.717, 1.165) is 40.6 Å². The first-order valence-corrected chi connectivity index (χ1v) is 10.4. The summed E-state index contributed by atoms with van der Waals surface area (Å²) in [7, 11) is 0.0883. The molecule has 1 heterocycles. The fraction of sp³-hybridized carbons (Fsp3) is 0.300. The minimum atomic E-state index is -3.07. The van der Waals surface area contributed by atoms with Gasteiger partial charge < -0.3 is 9.47 Å². The van der Waals surface area contributed by atoms with E-state index in [4.69, 9.17) is 9.47 Å². The zero-order valence-corrected chi connectivity index (χ0v) is 16.0. The molecular weight excluding hydrogens is 364 g/mol. The molecule has 0 aliphatic heterocycles. The lowest BCUT2D eigenvalue weighted by molar-refractivity contribution is 0.356. The van der Waals surface area contributed by atoms with Crippen LogP contribution >= 0.6 is 0 Å². The van der Waals surface area contributed by atoms with Crippen LogP contribution in [0.3, 0.4) is 0 Å². The predicted molar refractivity (Wildman–Crippen MR) is 104 cm³/mol. The van der Waals surface area contributed by atoms with Crippen LogP contribution in [0, 0.1) is 0 Å². The second-order valence-electron chi connectivity index (χ2n) is 6.65. The van der Waals surface area contributed by atoms with E-state index >= 15 is 0 Å². The molecule has 0 bridgehead atoms. The fourth-order valence-corrected chi connectivity index (χ4v) is 4.93. The quantitative estimate of drug-likeness (QED) is 0.648. The molecule has 1 aliphatic carbocycles. The van der Waals surface area contributed by atoms with Crippen LogP contribution < -0.4 is 9.47 Å². The van der Waals surface area contributed by atoms with Crippen LogP contribution in [-0.4, -0.2) is 37.9 Å². The second-order valence-corrected chi connectivity index (χ2v) is 8.93. The molecule has 0 atom stereocenters. The van der Waals surface area contributed by atoms with Crippen molar-refractivity contribution in [2.45, 2.75) is 23.8 Å². The molecule has 6 nitrogen and oxygen atoms in total. The van der Waals surface area contributed by atoms with E-state index in [1.165, 1.54) is 6.33 Å². The number of hydrogen-bond donors (Lipinski definition) is 0. The lowest BCUT2D eigenvalue weighted by Gasteiger charge is -2.11. The van der Waals surface area contributed by atoms with Gasteiger partial charge >= 0.3 is 0 Å². The van der Waals surface area contributed by atoms with E-state index in [-0.39, 0.29) is 11.0 Å². The molecule has 2 aromatic carbocycles. The maximum Gasteiger partial charge on any atom is 0.162 e. The maximum atomic E-state index is 12.3. The van der Waals surface area contributed by atoms with Crippen molar-refractivity contribution in [1.29, 1.82) is 0 Å². The third-order valence-electron chi connectivity index (χ3n) is 4.74. The average molecular weight is 384 g/mol. The number of methoxy groups -OCH3 is 2. The third kappa shape index (κ3) is 3.47. The third-order valence-corrected chi connectivity index (χ3v) is 6.96. The van der Waals surface area contributed by atoms with Crippen molar-refractivity contribution < 1.29 is 17.9 Å². The second kappa shape index (κ2) is 6.81. The molecule has 0 radical (unpaired) electrons. The summed E-state index contributed by atoms with van der Waals surface area (Å²) < 4.78 is 35.4. The summed E-state index contributed by atoms with van der Waals surface area (Å²) in [6, 6.07) is 11.2. The zero-order valence-electron chi connectivity index (χ0n) is 15.2. The Kier molecular flexibility index (Phi) is 4.47. The van der Waals surface area contributed by atoms with E-state index in [2.05, 4.69) is 9.97 Å². The summed E-state index contributed by atoms with van der Waals surface area (Å²) in [5, 5.41) is 0.648. The van der Waals surface area contributed by atoms with Gasteiger partial charge in [0.15, 0.2) is 21.3 Å². The topological polar surface area (TPSA) is 78.4 Å². The first-order valence-electron chi connectivity index (χ1n) is 8.69. The summed E-state index contributed by atoms with van der Waals surface area (Å²) in [4.78, 5) is 8.76. The number of rotatable bonds is 6. The standard InChI is InChI=1S/C20H20N2O4S/c1-25-18-9-16-17(10-19(18)26-2)21-12-22-20(16)14-5-3-4-13(8-14)11-27(23,24)15-6-7-15/h3-5,8-10,12,15H,6-7,11H2,1-2H3. The van der Waals surface area contributed by atoms with Crippen molar-refractivity contribution in [3.05, 3.63) is 48.3 Å². The minimum Gasteiger partial charge on any atom is -0.493 e. The lowest BCUT2D eigenvalue weighted by Crippen LogP contribution is -2.09. The Labute approximate surface area is 158 Å². The summed E-state index contributed by atoms with van der Waals surface area (Å²) in [5.74, 6) is 1.25. The molecule has 4 rings (SSSR count). The molecule has 1 aromatic heterocycles. The van der Waals surface area contributed by atoms with Gasteiger partial charge in [-0.1, -0.05) is 18.2 Å². The van der Waals surface area contributed by atoms with E-state index in [9.17, 15) is 8.42 Å². The Morgan fingerprint density at radius 2 is 1.78 bits per heavy atom. The highest BCUT2D eigenvalue weighted by molar-refractivity contribution is 7.91. The van der Waals surface area contributed by atoms with Crippen LogP contribution in [0.4, 0.5) is 0 Å². The van der Waals surface area contributed by atoms with Gasteiger partial charge in [0.05, 0.1) is 36.4 Å². The van der Waals surface area contributed by atoms with Gasteiger partial charge in [0.25, 0.3) is 0 Å². The highest BCUT2D eigenvalue weighted by Crippen LogP contribution is 2.36. The summed E-state index contributed by atoms with van der Waals surface area (Å²) in [6.45, 7) is 0. The van der Waals surface area contributed by atoms with Gasteiger partial charge in [-0.05, 0) is 30.5 Å². The Bertz CT molecular complexity index is 1110. The smallest absolute Gasteiger partial charge is 0.162 e. The molecule has 140 valence electrons. The molecule has 0 N–H and O–H groups in total. The molecule has 1 fully saturated rings. The van der Waals surface area contributed by atoms with Crippen LogP contribution in [0.1, 0.15) is 18.4 Å². The molecule has 1 aliphatic rings. The Balaban J connectivity index is 1.79. The number of sulfone groups is 1. The number of fused-ring (bicyclic) bond motifs is 1. The molecule has 0 spiro atoms. The van der Waals surface area contributed by atoms with E-state index in [0.29, 0.717) is 11.5 Å². The monoisotopic (exact) mass is 384 g/mol. The highest BCUT2D eigenvalue weighted by Gasteiger charge is 2.35. The molecule has 1 saturated carbocycles. The molecule has 0 amide bonds. The number of nitrogens with zero attached hydrogens (tertiary/aromatic N) is 2. The van der Waals surface area contributed by atoms with E-state index in [1.807, 2.05) is 30.3 Å². The van der Waals surface area contributed by atoms with Gasteiger partial charge in [-0.25, -0.2) is 18.4 Å². The van der Waals surface area contributed by atoms with Gasteiger partial charge in [-0.3, -0.25) is 0 Å². The average Bonchev–Trinajstić information content (AvgIpc) is 3.52. The lowest BCUT2D eigenvalue weighted by atomic mass is 10.0. The molecule has 7 heteroatoms. The summed E-state index contributed by atoms with van der Waals surface area (Å²) in [5.41, 5.74) is 3.07. The van der Waals surface area contributed by atoms with Crippen LogP contribution in [0.15, 0.2) is 42.7 Å². The molecule has 0 saturated heterocycles. The fourth-order valence-electron chi connectivity index (χ4n) is 3.20. The van der Waals surface area contributed by atoms with E-state index in [1.54, 1.807) is 20.3 Å². The normalized spacial score (nSPS) is 14.3. The number of ether oxygens (including phenoxy) is 2. The Morgan fingerprint density at radius 1 is 1.04 bits per heavy atom. The van der Waals surface area contributed by atoms with Gasteiger partial charge in [0.1, 0.15) is 6.33 Å². The number of benzene rings is 2. The van der Waals surface area contributed by atoms with Gasteiger partial charge in [0, 0.05) is 17.0 Å². The van der Waals surface area contributed by atoms with E-state index < -0.39 is 9.84 Å². The minimum absolute atomic E-state index is 0.0612.